The van der Waals surface area contributed by atoms with Crippen LogP contribution in [0.4, 0.5) is 5.95 Å². The van der Waals surface area contributed by atoms with E-state index in [9.17, 15) is 0 Å². The molecule has 1 aromatic rings. The van der Waals surface area contributed by atoms with Gasteiger partial charge in [0.2, 0.25) is 5.95 Å². The summed E-state index contributed by atoms with van der Waals surface area (Å²) in [5, 5.41) is 3.55. The summed E-state index contributed by atoms with van der Waals surface area (Å²) in [5.41, 5.74) is 0. The molecule has 1 saturated carbocycles. The van der Waals surface area contributed by atoms with Crippen LogP contribution in [0.1, 0.15) is 44.9 Å². The monoisotopic (exact) mass is 207 g/mol. The van der Waals surface area contributed by atoms with Gasteiger partial charge in [-0.2, -0.15) is 0 Å². The van der Waals surface area contributed by atoms with Crippen LogP contribution in [0, 0.1) is 0 Å². The Balaban J connectivity index is 1.89. The van der Waals surface area contributed by atoms with Gasteiger partial charge in [-0.05, 0) is 12.8 Å². The van der Waals surface area contributed by atoms with Gasteiger partial charge >= 0.3 is 0 Å². The van der Waals surface area contributed by atoms with Gasteiger partial charge in [-0.25, -0.2) is 4.98 Å². The molecular formula is C12H21N3. The first-order chi connectivity index (χ1) is 7.36. The van der Waals surface area contributed by atoms with Crippen molar-refractivity contribution >= 4 is 5.95 Å². The molecule has 0 atom stereocenters. The molecule has 0 saturated heterocycles. The van der Waals surface area contributed by atoms with E-state index in [1.807, 2.05) is 19.4 Å². The molecular weight excluding hydrogens is 186 g/mol. The van der Waals surface area contributed by atoms with Crippen LogP contribution in [0.3, 0.4) is 0 Å². The Hall–Kier alpha value is -0.990. The van der Waals surface area contributed by atoms with Gasteiger partial charge in [0.15, 0.2) is 0 Å². The molecule has 1 aliphatic carbocycles. The summed E-state index contributed by atoms with van der Waals surface area (Å²) in [4.78, 5) is 4.32. The molecule has 15 heavy (non-hydrogen) atoms. The van der Waals surface area contributed by atoms with Crippen molar-refractivity contribution in [2.75, 3.05) is 5.32 Å². The van der Waals surface area contributed by atoms with Gasteiger partial charge in [0.05, 0.1) is 0 Å². The summed E-state index contributed by atoms with van der Waals surface area (Å²) in [6.07, 6.45) is 13.4. The Morgan fingerprint density at radius 1 is 1.20 bits per heavy atom. The standard InChI is InChI=1S/C12H21N3/c1-15-10-9-13-12(15)14-11-7-5-3-2-4-6-8-11/h9-11H,2-8H2,1H3,(H,13,14). The first kappa shape index (κ1) is 10.5. The summed E-state index contributed by atoms with van der Waals surface area (Å²) in [6.45, 7) is 0. The highest BCUT2D eigenvalue weighted by atomic mass is 15.2. The van der Waals surface area contributed by atoms with Crippen LogP contribution in [0.2, 0.25) is 0 Å². The molecule has 0 unspecified atom stereocenters. The number of hydrogen-bond donors (Lipinski definition) is 1. The van der Waals surface area contributed by atoms with E-state index < -0.39 is 0 Å². The number of aryl methyl sites for hydroxylation is 1. The lowest BCUT2D eigenvalue weighted by Gasteiger charge is -2.21. The predicted octanol–water partition coefficient (Wildman–Crippen LogP) is 2.94. The van der Waals surface area contributed by atoms with Crippen molar-refractivity contribution in [2.45, 2.75) is 51.0 Å². The van der Waals surface area contributed by atoms with E-state index in [0.29, 0.717) is 6.04 Å². The number of rotatable bonds is 2. The molecule has 1 fully saturated rings. The molecule has 3 heteroatoms. The smallest absolute Gasteiger partial charge is 0.202 e. The second-order valence-corrected chi connectivity index (χ2v) is 4.55. The molecule has 1 heterocycles. The number of nitrogens with one attached hydrogen (secondary N) is 1. The summed E-state index contributed by atoms with van der Waals surface area (Å²) in [5.74, 6) is 1.01. The Morgan fingerprint density at radius 3 is 2.47 bits per heavy atom. The third-order valence-corrected chi connectivity index (χ3v) is 3.26. The van der Waals surface area contributed by atoms with Crippen molar-refractivity contribution in [3.05, 3.63) is 12.4 Å². The van der Waals surface area contributed by atoms with E-state index in [2.05, 4.69) is 14.9 Å². The Morgan fingerprint density at radius 2 is 1.87 bits per heavy atom. The highest BCUT2D eigenvalue weighted by molar-refractivity contribution is 5.26. The lowest BCUT2D eigenvalue weighted by atomic mass is 9.97. The molecule has 1 aliphatic rings. The number of anilines is 1. The van der Waals surface area contributed by atoms with Crippen LogP contribution in [-0.4, -0.2) is 15.6 Å². The fourth-order valence-electron chi connectivity index (χ4n) is 2.29. The molecule has 0 radical (unpaired) electrons. The lowest BCUT2D eigenvalue weighted by Crippen LogP contribution is -2.22. The summed E-state index contributed by atoms with van der Waals surface area (Å²) >= 11 is 0. The van der Waals surface area contributed by atoms with E-state index in [0.717, 1.165) is 5.95 Å². The van der Waals surface area contributed by atoms with Gasteiger partial charge < -0.3 is 9.88 Å². The normalized spacial score (nSPS) is 19.5. The number of imidazole rings is 1. The number of nitrogens with zero attached hydrogens (tertiary/aromatic N) is 2. The molecule has 0 aromatic carbocycles. The molecule has 0 spiro atoms. The van der Waals surface area contributed by atoms with Crippen LogP contribution in [0.25, 0.3) is 0 Å². The van der Waals surface area contributed by atoms with Crippen molar-refractivity contribution in [1.29, 1.82) is 0 Å². The number of aromatic nitrogens is 2. The fourth-order valence-corrected chi connectivity index (χ4v) is 2.29. The zero-order valence-electron chi connectivity index (χ0n) is 9.58. The molecule has 0 bridgehead atoms. The van der Waals surface area contributed by atoms with Crippen molar-refractivity contribution in [3.8, 4) is 0 Å². The quantitative estimate of drug-likeness (QED) is 0.808. The highest BCUT2D eigenvalue weighted by Gasteiger charge is 2.12. The lowest BCUT2D eigenvalue weighted by molar-refractivity contribution is 0.469. The second-order valence-electron chi connectivity index (χ2n) is 4.55. The molecule has 84 valence electrons. The second kappa shape index (κ2) is 5.19. The van der Waals surface area contributed by atoms with Gasteiger partial charge in [-0.15, -0.1) is 0 Å². The average molecular weight is 207 g/mol. The summed E-state index contributed by atoms with van der Waals surface area (Å²) in [7, 11) is 2.04. The van der Waals surface area contributed by atoms with Crippen LogP contribution in [0.5, 0.6) is 0 Å². The van der Waals surface area contributed by atoms with E-state index in [1.54, 1.807) is 0 Å². The minimum atomic E-state index is 0.631. The molecule has 1 aromatic heterocycles. The Labute approximate surface area is 91.9 Å². The van der Waals surface area contributed by atoms with Crippen molar-refractivity contribution in [1.82, 2.24) is 9.55 Å². The maximum atomic E-state index is 4.32. The highest BCUT2D eigenvalue weighted by Crippen LogP contribution is 2.19. The van der Waals surface area contributed by atoms with E-state index in [1.165, 1.54) is 44.9 Å². The van der Waals surface area contributed by atoms with Crippen LogP contribution in [0.15, 0.2) is 12.4 Å². The maximum Gasteiger partial charge on any atom is 0.202 e. The SMILES string of the molecule is Cn1ccnc1NC1CCCCCCC1. The maximum absolute atomic E-state index is 4.32. The Bertz CT molecular complexity index is 285. The van der Waals surface area contributed by atoms with Gasteiger partial charge in [-0.3, -0.25) is 0 Å². The van der Waals surface area contributed by atoms with Crippen molar-refractivity contribution < 1.29 is 0 Å². The summed E-state index contributed by atoms with van der Waals surface area (Å²) < 4.78 is 2.05. The third-order valence-electron chi connectivity index (χ3n) is 3.26. The first-order valence-corrected chi connectivity index (χ1v) is 6.10. The molecule has 2 rings (SSSR count). The minimum Gasteiger partial charge on any atom is -0.353 e. The fraction of sp³-hybridized carbons (Fsp3) is 0.750. The van der Waals surface area contributed by atoms with E-state index in [4.69, 9.17) is 0 Å². The van der Waals surface area contributed by atoms with Crippen LogP contribution >= 0.6 is 0 Å². The van der Waals surface area contributed by atoms with Crippen molar-refractivity contribution in [3.63, 3.8) is 0 Å². The first-order valence-electron chi connectivity index (χ1n) is 6.10. The minimum absolute atomic E-state index is 0.631. The molecule has 0 aliphatic heterocycles. The molecule has 3 nitrogen and oxygen atoms in total. The third kappa shape index (κ3) is 2.98. The summed E-state index contributed by atoms with van der Waals surface area (Å²) in [6, 6.07) is 0.631. The average Bonchev–Trinajstić information content (AvgIpc) is 2.56. The molecule has 0 amide bonds. The van der Waals surface area contributed by atoms with E-state index >= 15 is 0 Å². The van der Waals surface area contributed by atoms with Crippen LogP contribution < -0.4 is 5.32 Å². The largest absolute Gasteiger partial charge is 0.353 e. The van der Waals surface area contributed by atoms with Gasteiger partial charge in [0, 0.05) is 25.5 Å². The zero-order chi connectivity index (χ0) is 10.5. The van der Waals surface area contributed by atoms with E-state index in [-0.39, 0.29) is 0 Å². The van der Waals surface area contributed by atoms with Crippen LogP contribution in [-0.2, 0) is 7.05 Å². The molecule has 1 N–H and O–H groups in total. The number of hydrogen-bond acceptors (Lipinski definition) is 2. The van der Waals surface area contributed by atoms with Gasteiger partial charge in [0.25, 0.3) is 0 Å². The van der Waals surface area contributed by atoms with Crippen molar-refractivity contribution in [2.24, 2.45) is 7.05 Å². The van der Waals surface area contributed by atoms with Gasteiger partial charge in [-0.1, -0.05) is 32.1 Å². The predicted molar refractivity (Wildman–Crippen MR) is 62.9 cm³/mol. The topological polar surface area (TPSA) is 29.9 Å². The Kier molecular flexibility index (Phi) is 3.64. The zero-order valence-corrected chi connectivity index (χ0v) is 9.58. The van der Waals surface area contributed by atoms with Gasteiger partial charge in [0.1, 0.15) is 0 Å².